The third kappa shape index (κ3) is 5.29. The summed E-state index contributed by atoms with van der Waals surface area (Å²) in [5.41, 5.74) is 1.32. The highest BCUT2D eigenvalue weighted by atomic mass is 79.9. The molecule has 0 amide bonds. The highest BCUT2D eigenvalue weighted by Gasteiger charge is 1.99. The van der Waals surface area contributed by atoms with Gasteiger partial charge in [-0.3, -0.25) is 0 Å². The van der Waals surface area contributed by atoms with Crippen LogP contribution in [0.1, 0.15) is 24.8 Å². The van der Waals surface area contributed by atoms with Gasteiger partial charge >= 0.3 is 0 Å². The van der Waals surface area contributed by atoms with Gasteiger partial charge in [0.05, 0.1) is 6.07 Å². The molecule has 0 fully saturated rings. The molecule has 0 aliphatic rings. The van der Waals surface area contributed by atoms with Gasteiger partial charge in [-0.2, -0.15) is 5.26 Å². The van der Waals surface area contributed by atoms with Crippen LogP contribution in [0, 0.1) is 11.3 Å². The summed E-state index contributed by atoms with van der Waals surface area (Å²) in [5.74, 6) is 0. The molecule has 1 rings (SSSR count). The maximum absolute atomic E-state index is 8.42. The van der Waals surface area contributed by atoms with Gasteiger partial charge < -0.3 is 4.90 Å². The lowest BCUT2D eigenvalue weighted by Gasteiger charge is -2.16. The van der Waals surface area contributed by atoms with Crippen LogP contribution in [-0.2, 0) is 6.54 Å². The molecule has 0 spiro atoms. The van der Waals surface area contributed by atoms with Crippen LogP contribution in [0.2, 0.25) is 0 Å². The molecule has 0 N–H and O–H groups in total. The molecule has 1 aromatic carbocycles. The lowest BCUT2D eigenvalue weighted by molar-refractivity contribution is 0.319. The van der Waals surface area contributed by atoms with E-state index in [-0.39, 0.29) is 0 Å². The highest BCUT2D eigenvalue weighted by Crippen LogP contribution is 2.12. The molecule has 0 bridgehead atoms. The first kappa shape index (κ1) is 13.2. The number of nitriles is 1. The summed E-state index contributed by atoms with van der Waals surface area (Å²) in [4.78, 5) is 2.29. The van der Waals surface area contributed by atoms with Crippen molar-refractivity contribution in [1.29, 1.82) is 5.26 Å². The van der Waals surface area contributed by atoms with E-state index >= 15 is 0 Å². The SMILES string of the molecule is CN(CCCCC#N)Cc1ccc(Br)cc1. The molecule has 0 aliphatic carbocycles. The van der Waals surface area contributed by atoms with Crippen molar-refractivity contribution in [3.05, 3.63) is 34.3 Å². The molecule has 0 heterocycles. The van der Waals surface area contributed by atoms with Crippen molar-refractivity contribution >= 4 is 15.9 Å². The Morgan fingerprint density at radius 3 is 2.56 bits per heavy atom. The van der Waals surface area contributed by atoms with Crippen molar-refractivity contribution in [2.24, 2.45) is 0 Å². The molecule has 86 valence electrons. The smallest absolute Gasteiger partial charge is 0.0621 e. The summed E-state index contributed by atoms with van der Waals surface area (Å²) in [6, 6.07) is 10.6. The summed E-state index contributed by atoms with van der Waals surface area (Å²) < 4.78 is 1.12. The van der Waals surface area contributed by atoms with E-state index in [9.17, 15) is 0 Å². The second-order valence-corrected chi connectivity index (χ2v) is 4.90. The molecule has 0 atom stereocenters. The minimum Gasteiger partial charge on any atom is -0.302 e. The number of hydrogen-bond acceptors (Lipinski definition) is 2. The fraction of sp³-hybridized carbons (Fsp3) is 0.462. The Kier molecular flexibility index (Phi) is 6.14. The van der Waals surface area contributed by atoms with E-state index in [1.807, 2.05) is 0 Å². The molecule has 0 radical (unpaired) electrons. The maximum Gasteiger partial charge on any atom is 0.0621 e. The first-order valence-electron chi connectivity index (χ1n) is 5.52. The lowest BCUT2D eigenvalue weighted by Crippen LogP contribution is -2.18. The first-order chi connectivity index (χ1) is 7.72. The molecule has 0 saturated carbocycles. The van der Waals surface area contributed by atoms with E-state index in [1.54, 1.807) is 0 Å². The van der Waals surface area contributed by atoms with Crippen LogP contribution in [0.4, 0.5) is 0 Å². The third-order valence-corrected chi connectivity index (χ3v) is 2.97. The minimum absolute atomic E-state index is 0.673. The number of nitrogens with zero attached hydrogens (tertiary/aromatic N) is 2. The summed E-state index contributed by atoms with van der Waals surface area (Å²) in [5, 5.41) is 8.42. The number of halogens is 1. The first-order valence-corrected chi connectivity index (χ1v) is 6.31. The fourth-order valence-electron chi connectivity index (χ4n) is 1.57. The van der Waals surface area contributed by atoms with Crippen molar-refractivity contribution in [2.75, 3.05) is 13.6 Å². The van der Waals surface area contributed by atoms with Gasteiger partial charge in [0.15, 0.2) is 0 Å². The molecule has 2 nitrogen and oxygen atoms in total. The average Bonchev–Trinajstić information content (AvgIpc) is 2.28. The van der Waals surface area contributed by atoms with Crippen molar-refractivity contribution in [2.45, 2.75) is 25.8 Å². The van der Waals surface area contributed by atoms with Crippen LogP contribution >= 0.6 is 15.9 Å². The Hall–Kier alpha value is -0.850. The van der Waals surface area contributed by atoms with E-state index < -0.39 is 0 Å². The van der Waals surface area contributed by atoms with Gasteiger partial charge in [-0.05, 0) is 44.1 Å². The Morgan fingerprint density at radius 2 is 1.94 bits per heavy atom. The van der Waals surface area contributed by atoms with Crippen LogP contribution < -0.4 is 0 Å². The number of unbranched alkanes of at least 4 members (excludes halogenated alkanes) is 2. The van der Waals surface area contributed by atoms with Gasteiger partial charge in [0.25, 0.3) is 0 Å². The Labute approximate surface area is 106 Å². The predicted octanol–water partition coefficient (Wildman–Crippen LogP) is 3.57. The van der Waals surface area contributed by atoms with E-state index in [0.717, 1.165) is 30.4 Å². The molecule has 0 saturated heterocycles. The van der Waals surface area contributed by atoms with Gasteiger partial charge in [-0.15, -0.1) is 0 Å². The third-order valence-electron chi connectivity index (χ3n) is 2.44. The number of benzene rings is 1. The summed E-state index contributed by atoms with van der Waals surface area (Å²) >= 11 is 3.43. The lowest BCUT2D eigenvalue weighted by atomic mass is 10.2. The van der Waals surface area contributed by atoms with E-state index in [4.69, 9.17) is 5.26 Å². The molecule has 16 heavy (non-hydrogen) atoms. The van der Waals surface area contributed by atoms with Gasteiger partial charge in [0.1, 0.15) is 0 Å². The van der Waals surface area contributed by atoms with Gasteiger partial charge in [-0.25, -0.2) is 0 Å². The van der Waals surface area contributed by atoms with Gasteiger partial charge in [-0.1, -0.05) is 28.1 Å². The normalized spacial score (nSPS) is 10.4. The van der Waals surface area contributed by atoms with Crippen molar-refractivity contribution in [3.8, 4) is 6.07 Å². The summed E-state index contributed by atoms with van der Waals surface area (Å²) in [6.07, 6.45) is 2.77. The fourth-order valence-corrected chi connectivity index (χ4v) is 1.83. The van der Waals surface area contributed by atoms with Crippen LogP contribution in [0.15, 0.2) is 28.7 Å². The standard InChI is InChI=1S/C13H17BrN2/c1-16(10-4-2-3-9-15)11-12-5-7-13(14)8-6-12/h5-8H,2-4,10-11H2,1H3. The van der Waals surface area contributed by atoms with Crippen molar-refractivity contribution < 1.29 is 0 Å². The molecule has 1 aromatic rings. The average molecular weight is 281 g/mol. The molecular weight excluding hydrogens is 264 g/mol. The Bertz CT molecular complexity index is 340. The van der Waals surface area contributed by atoms with Crippen LogP contribution in [0.5, 0.6) is 0 Å². The Morgan fingerprint density at radius 1 is 1.25 bits per heavy atom. The highest BCUT2D eigenvalue weighted by molar-refractivity contribution is 9.10. The zero-order valence-corrected chi connectivity index (χ0v) is 11.2. The summed E-state index contributed by atoms with van der Waals surface area (Å²) in [7, 11) is 2.12. The quantitative estimate of drug-likeness (QED) is 0.745. The zero-order chi connectivity index (χ0) is 11.8. The molecular formula is C13H17BrN2. The van der Waals surface area contributed by atoms with Crippen LogP contribution in [0.3, 0.4) is 0 Å². The van der Waals surface area contributed by atoms with Crippen molar-refractivity contribution in [1.82, 2.24) is 4.90 Å². The number of rotatable bonds is 6. The molecule has 0 unspecified atom stereocenters. The van der Waals surface area contributed by atoms with E-state index in [0.29, 0.717) is 6.42 Å². The molecule has 0 aliphatic heterocycles. The predicted molar refractivity (Wildman–Crippen MR) is 69.9 cm³/mol. The number of hydrogen-bond donors (Lipinski definition) is 0. The van der Waals surface area contributed by atoms with Crippen LogP contribution in [-0.4, -0.2) is 18.5 Å². The molecule has 0 aromatic heterocycles. The van der Waals surface area contributed by atoms with E-state index in [1.165, 1.54) is 5.56 Å². The second kappa shape index (κ2) is 7.43. The molecule has 3 heteroatoms. The van der Waals surface area contributed by atoms with Gasteiger partial charge in [0.2, 0.25) is 0 Å². The second-order valence-electron chi connectivity index (χ2n) is 3.98. The van der Waals surface area contributed by atoms with Gasteiger partial charge in [0, 0.05) is 17.4 Å². The summed E-state index contributed by atoms with van der Waals surface area (Å²) in [6.45, 7) is 2.03. The van der Waals surface area contributed by atoms with E-state index in [2.05, 4.69) is 58.2 Å². The maximum atomic E-state index is 8.42. The Balaban J connectivity index is 2.26. The monoisotopic (exact) mass is 280 g/mol. The van der Waals surface area contributed by atoms with Crippen molar-refractivity contribution in [3.63, 3.8) is 0 Å². The minimum atomic E-state index is 0.673. The largest absolute Gasteiger partial charge is 0.302 e. The topological polar surface area (TPSA) is 27.0 Å². The van der Waals surface area contributed by atoms with Crippen LogP contribution in [0.25, 0.3) is 0 Å². The zero-order valence-electron chi connectivity index (χ0n) is 9.62.